The van der Waals surface area contributed by atoms with Crippen molar-refractivity contribution in [3.05, 3.63) is 28.8 Å². The first-order chi connectivity index (χ1) is 6.61. The van der Waals surface area contributed by atoms with Crippen molar-refractivity contribution in [2.75, 3.05) is 11.9 Å². The Bertz CT molecular complexity index is 347. The zero-order valence-corrected chi connectivity index (χ0v) is 8.87. The molecule has 0 saturated heterocycles. The molecule has 14 heavy (non-hydrogen) atoms. The summed E-state index contributed by atoms with van der Waals surface area (Å²) in [5, 5.41) is 3.74. The van der Waals surface area contributed by atoms with E-state index in [9.17, 15) is 4.39 Å². The van der Waals surface area contributed by atoms with Gasteiger partial charge in [0.05, 0.1) is 10.7 Å². The van der Waals surface area contributed by atoms with Gasteiger partial charge in [0.15, 0.2) is 0 Å². The Morgan fingerprint density at radius 2 is 2.21 bits per heavy atom. The summed E-state index contributed by atoms with van der Waals surface area (Å²) in [6.45, 7) is 2.31. The zero-order valence-electron chi connectivity index (χ0n) is 8.11. The lowest BCUT2D eigenvalue weighted by molar-refractivity contribution is 0.326. The first-order valence-electron chi connectivity index (χ1n) is 4.79. The Balaban J connectivity index is 2.05. The highest BCUT2D eigenvalue weighted by atomic mass is 35.5. The van der Waals surface area contributed by atoms with E-state index in [0.717, 1.165) is 11.3 Å². The van der Waals surface area contributed by atoms with Crippen LogP contribution < -0.4 is 5.32 Å². The fraction of sp³-hybridized carbons (Fsp3) is 0.455. The monoisotopic (exact) mass is 213 g/mol. The number of alkyl halides is 1. The second-order valence-electron chi connectivity index (χ2n) is 3.94. The van der Waals surface area contributed by atoms with Gasteiger partial charge in [0.2, 0.25) is 0 Å². The SMILES string of the molecule is Cc1cccc(NCC2(F)CC2)c1Cl. The molecule has 1 fully saturated rings. The highest BCUT2D eigenvalue weighted by Gasteiger charge is 2.42. The minimum atomic E-state index is -0.979. The van der Waals surface area contributed by atoms with Crippen molar-refractivity contribution < 1.29 is 4.39 Å². The molecule has 0 radical (unpaired) electrons. The Morgan fingerprint density at radius 3 is 2.86 bits per heavy atom. The lowest BCUT2D eigenvalue weighted by atomic mass is 10.2. The summed E-state index contributed by atoms with van der Waals surface area (Å²) in [5.41, 5.74) is 0.864. The van der Waals surface area contributed by atoms with Crippen LogP contribution in [0.25, 0.3) is 0 Å². The summed E-state index contributed by atoms with van der Waals surface area (Å²) in [6, 6.07) is 5.73. The van der Waals surface area contributed by atoms with E-state index in [-0.39, 0.29) is 0 Å². The van der Waals surface area contributed by atoms with E-state index < -0.39 is 5.67 Å². The molecule has 0 bridgehead atoms. The molecule has 3 heteroatoms. The van der Waals surface area contributed by atoms with Crippen LogP contribution in [0.3, 0.4) is 0 Å². The standard InChI is InChI=1S/C11H13ClFN/c1-8-3-2-4-9(10(8)12)14-7-11(13)5-6-11/h2-4,14H,5-7H2,1H3. The third-order valence-corrected chi connectivity index (χ3v) is 3.08. The maximum atomic E-state index is 13.3. The quantitative estimate of drug-likeness (QED) is 0.810. The zero-order chi connectivity index (χ0) is 10.2. The van der Waals surface area contributed by atoms with Gasteiger partial charge in [-0.1, -0.05) is 23.7 Å². The van der Waals surface area contributed by atoms with Gasteiger partial charge in [-0.25, -0.2) is 4.39 Å². The molecule has 2 rings (SSSR count). The average Bonchev–Trinajstić information content (AvgIpc) is 2.88. The molecule has 1 N–H and O–H groups in total. The van der Waals surface area contributed by atoms with Gasteiger partial charge in [0, 0.05) is 6.54 Å². The molecular formula is C11H13ClFN. The van der Waals surface area contributed by atoms with Crippen molar-refractivity contribution in [3.8, 4) is 0 Å². The largest absolute Gasteiger partial charge is 0.381 e. The third-order valence-electron chi connectivity index (χ3n) is 2.58. The minimum Gasteiger partial charge on any atom is -0.381 e. The molecule has 0 aromatic heterocycles. The Morgan fingerprint density at radius 1 is 1.50 bits per heavy atom. The molecule has 1 saturated carbocycles. The van der Waals surface area contributed by atoms with E-state index in [1.165, 1.54) is 0 Å². The van der Waals surface area contributed by atoms with E-state index in [2.05, 4.69) is 5.32 Å². The molecule has 0 spiro atoms. The second-order valence-corrected chi connectivity index (χ2v) is 4.32. The van der Waals surface area contributed by atoms with E-state index in [4.69, 9.17) is 11.6 Å². The maximum absolute atomic E-state index is 13.3. The van der Waals surface area contributed by atoms with E-state index in [1.807, 2.05) is 25.1 Å². The van der Waals surface area contributed by atoms with Crippen LogP contribution in [0.15, 0.2) is 18.2 Å². The van der Waals surface area contributed by atoms with Crippen LogP contribution in [0.5, 0.6) is 0 Å². The third kappa shape index (κ3) is 2.01. The Labute approximate surface area is 88.3 Å². The van der Waals surface area contributed by atoms with Crippen molar-refractivity contribution in [2.45, 2.75) is 25.4 Å². The molecule has 1 aliphatic carbocycles. The normalized spacial score (nSPS) is 17.9. The number of rotatable bonds is 3. The van der Waals surface area contributed by atoms with Gasteiger partial charge < -0.3 is 5.32 Å². The van der Waals surface area contributed by atoms with Crippen LogP contribution in [0, 0.1) is 6.92 Å². The van der Waals surface area contributed by atoms with Crippen LogP contribution in [-0.2, 0) is 0 Å². The number of anilines is 1. The van der Waals surface area contributed by atoms with Crippen LogP contribution in [0.4, 0.5) is 10.1 Å². The number of nitrogens with one attached hydrogen (secondary N) is 1. The molecule has 1 aromatic carbocycles. The Hall–Kier alpha value is -0.760. The van der Waals surface area contributed by atoms with Gasteiger partial charge >= 0.3 is 0 Å². The highest BCUT2D eigenvalue weighted by Crippen LogP contribution is 2.40. The molecule has 0 aliphatic heterocycles. The molecule has 0 heterocycles. The van der Waals surface area contributed by atoms with Gasteiger partial charge in [0.25, 0.3) is 0 Å². The second kappa shape index (κ2) is 3.43. The summed E-state index contributed by atoms with van der Waals surface area (Å²) < 4.78 is 13.3. The molecule has 1 aromatic rings. The first kappa shape index (κ1) is 9.78. The van der Waals surface area contributed by atoms with Crippen molar-refractivity contribution in [1.29, 1.82) is 0 Å². The number of aryl methyl sites for hydroxylation is 1. The average molecular weight is 214 g/mol. The summed E-state index contributed by atoms with van der Waals surface area (Å²) in [4.78, 5) is 0. The smallest absolute Gasteiger partial charge is 0.128 e. The van der Waals surface area contributed by atoms with Gasteiger partial charge in [-0.3, -0.25) is 0 Å². The maximum Gasteiger partial charge on any atom is 0.128 e. The summed E-state index contributed by atoms with van der Waals surface area (Å²) in [5.74, 6) is 0. The molecular weight excluding hydrogens is 201 g/mol. The van der Waals surface area contributed by atoms with Crippen LogP contribution in [0.2, 0.25) is 5.02 Å². The van der Waals surface area contributed by atoms with Gasteiger partial charge in [-0.2, -0.15) is 0 Å². The van der Waals surface area contributed by atoms with Gasteiger partial charge in [0.1, 0.15) is 5.67 Å². The predicted octanol–water partition coefficient (Wildman–Crippen LogP) is 3.56. The minimum absolute atomic E-state index is 0.371. The predicted molar refractivity (Wildman–Crippen MR) is 57.8 cm³/mol. The molecule has 1 nitrogen and oxygen atoms in total. The van der Waals surface area contributed by atoms with Gasteiger partial charge in [-0.05, 0) is 31.4 Å². The molecule has 0 amide bonds. The fourth-order valence-corrected chi connectivity index (χ4v) is 1.54. The van der Waals surface area contributed by atoms with Crippen molar-refractivity contribution in [3.63, 3.8) is 0 Å². The topological polar surface area (TPSA) is 12.0 Å². The van der Waals surface area contributed by atoms with Gasteiger partial charge in [-0.15, -0.1) is 0 Å². The van der Waals surface area contributed by atoms with Crippen molar-refractivity contribution in [1.82, 2.24) is 0 Å². The van der Waals surface area contributed by atoms with Crippen LogP contribution >= 0.6 is 11.6 Å². The van der Waals surface area contributed by atoms with Crippen LogP contribution in [0.1, 0.15) is 18.4 Å². The molecule has 0 atom stereocenters. The highest BCUT2D eigenvalue weighted by molar-refractivity contribution is 6.33. The van der Waals surface area contributed by atoms with Crippen molar-refractivity contribution in [2.24, 2.45) is 0 Å². The molecule has 76 valence electrons. The van der Waals surface area contributed by atoms with E-state index in [1.54, 1.807) is 0 Å². The number of hydrogen-bond donors (Lipinski definition) is 1. The molecule has 1 aliphatic rings. The lowest BCUT2D eigenvalue weighted by Gasteiger charge is -2.11. The van der Waals surface area contributed by atoms with E-state index >= 15 is 0 Å². The fourth-order valence-electron chi connectivity index (χ4n) is 1.35. The lowest BCUT2D eigenvalue weighted by Crippen LogP contribution is -2.16. The molecule has 0 unspecified atom stereocenters. The number of hydrogen-bond acceptors (Lipinski definition) is 1. The van der Waals surface area contributed by atoms with E-state index in [0.29, 0.717) is 24.4 Å². The number of halogens is 2. The summed E-state index contributed by atoms with van der Waals surface area (Å²) in [7, 11) is 0. The Kier molecular flexibility index (Phi) is 2.40. The number of benzene rings is 1. The van der Waals surface area contributed by atoms with Crippen LogP contribution in [-0.4, -0.2) is 12.2 Å². The first-order valence-corrected chi connectivity index (χ1v) is 5.16. The summed E-state index contributed by atoms with van der Waals surface area (Å²) >= 11 is 6.06. The van der Waals surface area contributed by atoms with Crippen molar-refractivity contribution >= 4 is 17.3 Å². The summed E-state index contributed by atoms with van der Waals surface area (Å²) in [6.07, 6.45) is 1.34.